The quantitative estimate of drug-likeness (QED) is 0.348. The summed E-state index contributed by atoms with van der Waals surface area (Å²) in [6.45, 7) is 4.54. The Morgan fingerprint density at radius 1 is 0.692 bits per heavy atom. The Morgan fingerprint density at radius 2 is 0.923 bits per heavy atom. The first-order valence-corrected chi connectivity index (χ1v) is 9.72. The fourth-order valence-electron chi connectivity index (χ4n) is 1.21. The monoisotopic (exact) mass is 242 g/mol. The van der Waals surface area contributed by atoms with Gasteiger partial charge in [0.25, 0.3) is 0 Å². The molecule has 0 saturated carbocycles. The molecule has 0 heterocycles. The molecule has 0 aromatic rings. The summed E-state index contributed by atoms with van der Waals surface area (Å²) in [6, 6.07) is 0. The minimum absolute atomic E-state index is 0.639. The van der Waals surface area contributed by atoms with Crippen molar-refractivity contribution >= 4 is 30.3 Å². The minimum Gasteiger partial charge on any atom is -0.155 e. The van der Waals surface area contributed by atoms with Crippen molar-refractivity contribution in [1.82, 2.24) is 0 Å². The minimum atomic E-state index is -0.639. The largest absolute Gasteiger partial charge is 0.222 e. The zero-order chi connectivity index (χ0) is 10.4. The summed E-state index contributed by atoms with van der Waals surface area (Å²) in [4.78, 5) is 0. The summed E-state index contributed by atoms with van der Waals surface area (Å²) in [5, 5.41) is 0. The second-order valence-electron chi connectivity index (χ2n) is 3.22. The van der Waals surface area contributed by atoms with Gasteiger partial charge in [0.1, 0.15) is 0 Å². The van der Waals surface area contributed by atoms with Crippen LogP contribution in [0.5, 0.6) is 0 Å². The first-order valence-electron chi connectivity index (χ1n) is 5.45. The summed E-state index contributed by atoms with van der Waals surface area (Å²) >= 11 is 9.81. The molecule has 82 valence electrons. The first kappa shape index (κ1) is 16.2. The smallest absolute Gasteiger partial charge is 0.155 e. The van der Waals surface area contributed by atoms with Crippen molar-refractivity contribution in [2.24, 2.45) is 0 Å². The molecule has 0 aromatic carbocycles. The van der Waals surface area contributed by atoms with Gasteiger partial charge in [0.05, 0.1) is 0 Å². The van der Waals surface area contributed by atoms with E-state index in [0.717, 1.165) is 0 Å². The van der Waals surface area contributed by atoms with E-state index in [2.05, 4.69) is 13.8 Å². The number of halogens is 2. The molecule has 0 nitrogen and oxygen atoms in total. The fourth-order valence-corrected chi connectivity index (χ4v) is 1.21. The van der Waals surface area contributed by atoms with Gasteiger partial charge in [-0.05, 0) is 0 Å². The Bertz CT molecular complexity index is 61.9. The molecule has 13 heavy (non-hydrogen) atoms. The predicted octanol–water partition coefficient (Wildman–Crippen LogP) is 4.61. The molecule has 0 unspecified atom stereocenters. The third-order valence-corrected chi connectivity index (χ3v) is 1.96. The molecule has 0 fully saturated rings. The lowest BCUT2D eigenvalue weighted by Crippen LogP contribution is -1.77. The molecule has 0 aliphatic rings. The van der Waals surface area contributed by atoms with Crippen molar-refractivity contribution in [3.05, 3.63) is 0 Å². The molecule has 0 bridgehead atoms. The van der Waals surface area contributed by atoms with E-state index in [1.165, 1.54) is 51.4 Å². The average molecular weight is 243 g/mol. The highest BCUT2D eigenvalue weighted by atomic mass is 35.7. The van der Waals surface area contributed by atoms with Crippen LogP contribution in [0, 0.1) is 0 Å². The van der Waals surface area contributed by atoms with Gasteiger partial charge < -0.3 is 0 Å². The summed E-state index contributed by atoms with van der Waals surface area (Å²) in [5.74, 6) is 0. The van der Waals surface area contributed by atoms with Gasteiger partial charge in [-0.3, -0.25) is 0 Å². The van der Waals surface area contributed by atoms with Crippen LogP contribution in [0.2, 0.25) is 0 Å². The zero-order valence-corrected chi connectivity index (χ0v) is 12.0. The standard InChI is InChI=1S/C10H22.Cl2H2Si/c1-3-5-7-9-10-8-6-4-2;1-3-2/h3-10H2,1-2H3;3H2. The highest BCUT2D eigenvalue weighted by Gasteiger charge is 1.87. The second kappa shape index (κ2) is 18.6. The van der Waals surface area contributed by atoms with Gasteiger partial charge in [0, 0.05) is 0 Å². The molecule has 0 atom stereocenters. The van der Waals surface area contributed by atoms with Gasteiger partial charge in [-0.1, -0.05) is 65.2 Å². The van der Waals surface area contributed by atoms with E-state index in [1.807, 2.05) is 0 Å². The third-order valence-electron chi connectivity index (χ3n) is 1.96. The lowest BCUT2D eigenvalue weighted by molar-refractivity contribution is 0.585. The Morgan fingerprint density at radius 3 is 1.15 bits per heavy atom. The maximum absolute atomic E-state index is 4.90. The van der Waals surface area contributed by atoms with Gasteiger partial charge in [-0.25, -0.2) is 0 Å². The van der Waals surface area contributed by atoms with E-state index in [4.69, 9.17) is 22.2 Å². The molecule has 0 aromatic heterocycles. The fraction of sp³-hybridized carbons (Fsp3) is 1.00. The first-order chi connectivity index (χ1) is 6.33. The van der Waals surface area contributed by atoms with E-state index >= 15 is 0 Å². The highest BCUT2D eigenvalue weighted by Crippen LogP contribution is 2.07. The zero-order valence-electron chi connectivity index (χ0n) is 9.12. The van der Waals surface area contributed by atoms with Crippen molar-refractivity contribution in [1.29, 1.82) is 0 Å². The Balaban J connectivity index is 0. The highest BCUT2D eigenvalue weighted by molar-refractivity contribution is 7.22. The van der Waals surface area contributed by atoms with Crippen LogP contribution in [0.4, 0.5) is 0 Å². The summed E-state index contributed by atoms with van der Waals surface area (Å²) < 4.78 is 0. The Labute approximate surface area is 95.6 Å². The SMILES string of the molecule is CCCCCCCCCC.Cl[SiH2]Cl. The molecule has 0 saturated heterocycles. The van der Waals surface area contributed by atoms with E-state index in [-0.39, 0.29) is 0 Å². The molecule has 3 heteroatoms. The van der Waals surface area contributed by atoms with Gasteiger partial charge in [0.15, 0.2) is 0 Å². The molecule has 0 N–H and O–H groups in total. The number of unbranched alkanes of at least 4 members (excludes halogenated alkanes) is 7. The normalized spacial score (nSPS) is 9.23. The molecule has 0 radical (unpaired) electrons. The van der Waals surface area contributed by atoms with Crippen LogP contribution in [-0.4, -0.2) is 8.14 Å². The van der Waals surface area contributed by atoms with Crippen LogP contribution in [0.15, 0.2) is 0 Å². The molecule has 0 amide bonds. The van der Waals surface area contributed by atoms with Crippen molar-refractivity contribution < 1.29 is 0 Å². The summed E-state index contributed by atoms with van der Waals surface area (Å²) in [7, 11) is -0.639. The number of hydrogen-bond donors (Lipinski definition) is 0. The van der Waals surface area contributed by atoms with Crippen molar-refractivity contribution in [2.45, 2.75) is 65.2 Å². The third kappa shape index (κ3) is 24.5. The number of rotatable bonds is 7. The summed E-state index contributed by atoms with van der Waals surface area (Å²) in [6.07, 6.45) is 11.5. The van der Waals surface area contributed by atoms with E-state index < -0.39 is 8.14 Å². The van der Waals surface area contributed by atoms with E-state index in [1.54, 1.807) is 0 Å². The van der Waals surface area contributed by atoms with Crippen LogP contribution in [0.1, 0.15) is 65.2 Å². The van der Waals surface area contributed by atoms with Crippen LogP contribution < -0.4 is 0 Å². The lowest BCUT2D eigenvalue weighted by Gasteiger charge is -1.97. The molecule has 0 rings (SSSR count). The van der Waals surface area contributed by atoms with Crippen LogP contribution in [0.25, 0.3) is 0 Å². The number of hydrogen-bond acceptors (Lipinski definition) is 0. The molecular formula is C10H24Cl2Si. The maximum Gasteiger partial charge on any atom is 0.222 e. The van der Waals surface area contributed by atoms with Crippen LogP contribution >= 0.6 is 22.2 Å². The van der Waals surface area contributed by atoms with Crippen molar-refractivity contribution in [3.63, 3.8) is 0 Å². The van der Waals surface area contributed by atoms with Gasteiger partial charge in [-0.2, -0.15) is 22.2 Å². The molecular weight excluding hydrogens is 219 g/mol. The lowest BCUT2D eigenvalue weighted by atomic mass is 10.1. The van der Waals surface area contributed by atoms with Gasteiger partial charge in [0.2, 0.25) is 8.14 Å². The van der Waals surface area contributed by atoms with E-state index in [0.29, 0.717) is 0 Å². The van der Waals surface area contributed by atoms with E-state index in [9.17, 15) is 0 Å². The maximum atomic E-state index is 4.90. The molecule has 0 aliphatic heterocycles. The van der Waals surface area contributed by atoms with Gasteiger partial charge in [-0.15, -0.1) is 0 Å². The van der Waals surface area contributed by atoms with Crippen LogP contribution in [-0.2, 0) is 0 Å². The van der Waals surface area contributed by atoms with Crippen molar-refractivity contribution in [2.75, 3.05) is 0 Å². The molecule has 0 aliphatic carbocycles. The molecule has 0 spiro atoms. The summed E-state index contributed by atoms with van der Waals surface area (Å²) in [5.41, 5.74) is 0. The Hall–Kier alpha value is 0.797. The Kier molecular flexibility index (Phi) is 23.2. The average Bonchev–Trinajstić information content (AvgIpc) is 2.13. The second-order valence-corrected chi connectivity index (χ2v) is 5.85. The van der Waals surface area contributed by atoms with Crippen molar-refractivity contribution in [3.8, 4) is 0 Å². The van der Waals surface area contributed by atoms with Gasteiger partial charge >= 0.3 is 0 Å². The van der Waals surface area contributed by atoms with Crippen LogP contribution in [0.3, 0.4) is 0 Å². The predicted molar refractivity (Wildman–Crippen MR) is 68.5 cm³/mol. The topological polar surface area (TPSA) is 0 Å².